The third-order valence-corrected chi connectivity index (χ3v) is 8.35. The summed E-state index contributed by atoms with van der Waals surface area (Å²) in [5, 5.41) is 30.9. The standard InChI is InChI=1S/C20H27NO3/c1-18-7-5-13(22)9-12(18)3-4-14-15(18)6-8-19(2)16(14)10-17(23)20(19,24)11-21/h9,14-17,23-24H,3-8,10H2,1-2H3/t14-,15-,16+,17-,18+,19+,20-/m1/s1. The van der Waals surface area contributed by atoms with E-state index in [-0.39, 0.29) is 17.1 Å². The number of rotatable bonds is 0. The smallest absolute Gasteiger partial charge is 0.182 e. The van der Waals surface area contributed by atoms with E-state index in [0.29, 0.717) is 24.7 Å². The van der Waals surface area contributed by atoms with Gasteiger partial charge in [0.1, 0.15) is 6.07 Å². The highest BCUT2D eigenvalue weighted by atomic mass is 16.3. The van der Waals surface area contributed by atoms with Crippen LogP contribution in [0.2, 0.25) is 0 Å². The average Bonchev–Trinajstić information content (AvgIpc) is 2.76. The van der Waals surface area contributed by atoms with E-state index in [1.807, 2.05) is 19.1 Å². The maximum Gasteiger partial charge on any atom is 0.182 e. The first kappa shape index (κ1) is 16.3. The fourth-order valence-electron chi connectivity index (χ4n) is 6.78. The molecule has 0 aromatic rings. The van der Waals surface area contributed by atoms with Crippen LogP contribution < -0.4 is 0 Å². The van der Waals surface area contributed by atoms with Crippen LogP contribution in [-0.4, -0.2) is 27.7 Å². The van der Waals surface area contributed by atoms with Crippen LogP contribution in [0.15, 0.2) is 11.6 Å². The van der Waals surface area contributed by atoms with Gasteiger partial charge < -0.3 is 10.2 Å². The van der Waals surface area contributed by atoms with Crippen LogP contribution in [0.25, 0.3) is 0 Å². The molecule has 0 amide bonds. The van der Waals surface area contributed by atoms with Gasteiger partial charge in [0.05, 0.1) is 6.10 Å². The number of carbonyl (C=O) groups excluding carboxylic acids is 1. The number of carbonyl (C=O) groups is 1. The van der Waals surface area contributed by atoms with Crippen molar-refractivity contribution < 1.29 is 15.0 Å². The fraction of sp³-hybridized carbons (Fsp3) is 0.800. The summed E-state index contributed by atoms with van der Waals surface area (Å²) in [6.07, 6.45) is 6.72. The van der Waals surface area contributed by atoms with Crippen molar-refractivity contribution in [3.63, 3.8) is 0 Å². The first-order valence-corrected chi connectivity index (χ1v) is 9.32. The zero-order valence-corrected chi connectivity index (χ0v) is 14.6. The van der Waals surface area contributed by atoms with Gasteiger partial charge in [-0.1, -0.05) is 19.4 Å². The van der Waals surface area contributed by atoms with Crippen LogP contribution in [0, 0.1) is 39.9 Å². The zero-order valence-electron chi connectivity index (χ0n) is 14.6. The van der Waals surface area contributed by atoms with Crippen LogP contribution in [0.1, 0.15) is 58.8 Å². The van der Waals surface area contributed by atoms with Gasteiger partial charge in [0.25, 0.3) is 0 Å². The van der Waals surface area contributed by atoms with Gasteiger partial charge in [-0.15, -0.1) is 0 Å². The van der Waals surface area contributed by atoms with Gasteiger partial charge in [-0.2, -0.15) is 5.26 Å². The lowest BCUT2D eigenvalue weighted by atomic mass is 9.46. The Hall–Kier alpha value is -1.18. The number of hydrogen-bond acceptors (Lipinski definition) is 4. The number of nitriles is 1. The molecule has 0 heterocycles. The van der Waals surface area contributed by atoms with Gasteiger partial charge >= 0.3 is 0 Å². The Kier molecular flexibility index (Phi) is 3.34. The van der Waals surface area contributed by atoms with E-state index >= 15 is 0 Å². The lowest BCUT2D eigenvalue weighted by Gasteiger charge is -2.58. The predicted molar refractivity (Wildman–Crippen MR) is 88.7 cm³/mol. The maximum atomic E-state index is 11.8. The number of nitrogens with zero attached hydrogens (tertiary/aromatic N) is 1. The lowest BCUT2D eigenvalue weighted by molar-refractivity contribution is -0.125. The fourth-order valence-corrected chi connectivity index (χ4v) is 6.78. The Morgan fingerprint density at radius 1 is 1.21 bits per heavy atom. The quantitative estimate of drug-likeness (QED) is 0.670. The van der Waals surface area contributed by atoms with Crippen LogP contribution in [-0.2, 0) is 4.79 Å². The highest BCUT2D eigenvalue weighted by Gasteiger charge is 2.67. The van der Waals surface area contributed by atoms with Gasteiger partial charge in [0.2, 0.25) is 0 Å². The summed E-state index contributed by atoms with van der Waals surface area (Å²) >= 11 is 0. The Morgan fingerprint density at radius 2 is 1.96 bits per heavy atom. The molecular formula is C20H27NO3. The molecule has 2 N–H and O–H groups in total. The molecule has 0 aromatic carbocycles. The van der Waals surface area contributed by atoms with Gasteiger partial charge in [-0.25, -0.2) is 0 Å². The zero-order chi connectivity index (χ0) is 17.3. The van der Waals surface area contributed by atoms with Gasteiger partial charge in [-0.05, 0) is 67.8 Å². The third kappa shape index (κ3) is 1.78. The van der Waals surface area contributed by atoms with E-state index in [2.05, 4.69) is 6.92 Å². The molecule has 7 atom stereocenters. The van der Waals surface area contributed by atoms with Gasteiger partial charge in [0, 0.05) is 11.8 Å². The highest BCUT2D eigenvalue weighted by Crippen LogP contribution is 2.67. The molecule has 0 aliphatic heterocycles. The molecular weight excluding hydrogens is 302 g/mol. The molecule has 3 saturated carbocycles. The molecule has 0 saturated heterocycles. The molecule has 4 heteroatoms. The molecule has 0 aromatic heterocycles. The Morgan fingerprint density at radius 3 is 2.67 bits per heavy atom. The topological polar surface area (TPSA) is 81.3 Å². The average molecular weight is 329 g/mol. The molecule has 4 aliphatic carbocycles. The molecule has 24 heavy (non-hydrogen) atoms. The summed E-state index contributed by atoms with van der Waals surface area (Å²) in [6.45, 7) is 4.32. The molecule has 0 bridgehead atoms. The largest absolute Gasteiger partial charge is 0.389 e. The van der Waals surface area contributed by atoms with Gasteiger partial charge in [0.15, 0.2) is 11.4 Å². The number of allylic oxidation sites excluding steroid dienone is 1. The van der Waals surface area contributed by atoms with Crippen molar-refractivity contribution in [2.45, 2.75) is 70.5 Å². The molecule has 3 fully saturated rings. The van der Waals surface area contributed by atoms with Crippen molar-refractivity contribution in [3.05, 3.63) is 11.6 Å². The molecule has 0 radical (unpaired) electrons. The summed E-state index contributed by atoms with van der Waals surface area (Å²) in [6, 6.07) is 2.05. The van der Waals surface area contributed by atoms with Crippen molar-refractivity contribution >= 4 is 5.78 Å². The number of fused-ring (bicyclic) bond motifs is 5. The second kappa shape index (κ2) is 4.93. The summed E-state index contributed by atoms with van der Waals surface area (Å²) in [5.41, 5.74) is -0.749. The van der Waals surface area contributed by atoms with E-state index < -0.39 is 17.1 Å². The van der Waals surface area contributed by atoms with Crippen molar-refractivity contribution in [3.8, 4) is 6.07 Å². The van der Waals surface area contributed by atoms with Crippen LogP contribution in [0.4, 0.5) is 0 Å². The van der Waals surface area contributed by atoms with Crippen LogP contribution in [0.3, 0.4) is 0 Å². The molecule has 130 valence electrons. The van der Waals surface area contributed by atoms with Crippen molar-refractivity contribution in [2.24, 2.45) is 28.6 Å². The number of aliphatic hydroxyl groups excluding tert-OH is 1. The molecule has 4 nitrogen and oxygen atoms in total. The maximum absolute atomic E-state index is 11.8. The predicted octanol–water partition coefficient (Wildman–Crippen LogP) is 2.74. The number of ketones is 1. The number of hydrogen-bond donors (Lipinski definition) is 2. The summed E-state index contributed by atoms with van der Waals surface area (Å²) in [5.74, 6) is 1.37. The van der Waals surface area contributed by atoms with E-state index in [0.717, 1.165) is 32.1 Å². The Bertz CT molecular complexity index is 664. The normalized spacial score (nSPS) is 53.5. The number of aliphatic hydroxyl groups is 2. The minimum atomic E-state index is -1.62. The summed E-state index contributed by atoms with van der Waals surface area (Å²) in [7, 11) is 0. The molecule has 4 rings (SSSR count). The van der Waals surface area contributed by atoms with Crippen molar-refractivity contribution in [2.75, 3.05) is 0 Å². The minimum Gasteiger partial charge on any atom is -0.389 e. The second-order valence-corrected chi connectivity index (χ2v) is 9.05. The minimum absolute atomic E-state index is 0.0798. The van der Waals surface area contributed by atoms with Gasteiger partial charge in [-0.3, -0.25) is 4.79 Å². The van der Waals surface area contributed by atoms with Crippen LogP contribution in [0.5, 0.6) is 0 Å². The second-order valence-electron chi connectivity index (χ2n) is 9.05. The summed E-state index contributed by atoms with van der Waals surface area (Å²) < 4.78 is 0. The SMILES string of the molecule is C[C@]12CCC(=O)C=C1CC[C@@H]1[C@H]2CC[C@@]2(C)[C@H]1C[C@@H](O)[C@]2(O)C#N. The van der Waals surface area contributed by atoms with E-state index in [4.69, 9.17) is 0 Å². The van der Waals surface area contributed by atoms with Crippen molar-refractivity contribution in [1.82, 2.24) is 0 Å². The Balaban J connectivity index is 1.72. The lowest BCUT2D eigenvalue weighted by Crippen LogP contribution is -2.56. The monoisotopic (exact) mass is 329 g/mol. The molecule has 0 spiro atoms. The molecule has 4 aliphatic rings. The van der Waals surface area contributed by atoms with E-state index in [9.17, 15) is 20.3 Å². The third-order valence-electron chi connectivity index (χ3n) is 8.35. The van der Waals surface area contributed by atoms with E-state index in [1.165, 1.54) is 5.57 Å². The van der Waals surface area contributed by atoms with Crippen LogP contribution >= 0.6 is 0 Å². The first-order chi connectivity index (χ1) is 11.3. The first-order valence-electron chi connectivity index (χ1n) is 9.32. The van der Waals surface area contributed by atoms with E-state index in [1.54, 1.807) is 0 Å². The Labute approximate surface area is 143 Å². The van der Waals surface area contributed by atoms with Crippen molar-refractivity contribution in [1.29, 1.82) is 5.26 Å². The molecule has 0 unspecified atom stereocenters. The highest BCUT2D eigenvalue weighted by molar-refractivity contribution is 5.91. The summed E-state index contributed by atoms with van der Waals surface area (Å²) in [4.78, 5) is 11.8.